The van der Waals surface area contributed by atoms with E-state index in [2.05, 4.69) is 13.2 Å². The van der Waals surface area contributed by atoms with Gasteiger partial charge >= 0.3 is 0 Å². The second-order valence-electron chi connectivity index (χ2n) is 3.81. The first-order chi connectivity index (χ1) is 8.08. The van der Waals surface area contributed by atoms with Gasteiger partial charge in [0.2, 0.25) is 0 Å². The van der Waals surface area contributed by atoms with Gasteiger partial charge in [0.1, 0.15) is 11.6 Å². The average molecular weight is 234 g/mol. The summed E-state index contributed by atoms with van der Waals surface area (Å²) in [5, 5.41) is 0. The van der Waals surface area contributed by atoms with E-state index < -0.39 is 5.83 Å². The van der Waals surface area contributed by atoms with Crippen molar-refractivity contribution in [3.63, 3.8) is 0 Å². The van der Waals surface area contributed by atoms with Crippen LogP contribution in [0.4, 0.5) is 8.78 Å². The number of allylic oxidation sites excluding steroid dienone is 4. The summed E-state index contributed by atoms with van der Waals surface area (Å²) in [6.07, 6.45) is 3.67. The van der Waals surface area contributed by atoms with E-state index in [9.17, 15) is 8.78 Å². The van der Waals surface area contributed by atoms with Crippen LogP contribution in [0.15, 0.2) is 61.0 Å². The molecule has 0 bridgehead atoms. The minimum absolute atomic E-state index is 0.0595. The lowest BCUT2D eigenvalue weighted by atomic mass is 9.88. The van der Waals surface area contributed by atoms with E-state index in [1.807, 2.05) is 13.0 Å². The number of benzene rings is 1. The summed E-state index contributed by atoms with van der Waals surface area (Å²) in [5.74, 6) is -0.867. The molecule has 0 spiro atoms. The van der Waals surface area contributed by atoms with Crippen molar-refractivity contribution in [3.05, 3.63) is 72.4 Å². The molecule has 90 valence electrons. The predicted octanol–water partition coefficient (Wildman–Crippen LogP) is 4.91. The molecule has 0 aliphatic heterocycles. The lowest BCUT2D eigenvalue weighted by molar-refractivity contribution is 0.621. The molecule has 2 heteroatoms. The first-order valence-electron chi connectivity index (χ1n) is 5.52. The molecule has 0 amide bonds. The normalized spacial score (nSPS) is 13.2. The van der Waals surface area contributed by atoms with Gasteiger partial charge in [-0.1, -0.05) is 38.3 Å². The molecule has 0 radical (unpaired) electrons. The van der Waals surface area contributed by atoms with Crippen LogP contribution in [0.5, 0.6) is 0 Å². The van der Waals surface area contributed by atoms with Crippen molar-refractivity contribution in [3.8, 4) is 0 Å². The van der Waals surface area contributed by atoms with Crippen molar-refractivity contribution in [1.82, 2.24) is 0 Å². The Labute approximate surface area is 101 Å². The molecular weight excluding hydrogens is 218 g/mol. The lowest BCUT2D eigenvalue weighted by Gasteiger charge is -2.16. The molecule has 1 atom stereocenters. The Balaban J connectivity index is 3.14. The van der Waals surface area contributed by atoms with Crippen LogP contribution < -0.4 is 0 Å². The fraction of sp³-hybridized carbons (Fsp3) is 0.200. The summed E-state index contributed by atoms with van der Waals surface area (Å²) < 4.78 is 26.0. The summed E-state index contributed by atoms with van der Waals surface area (Å²) in [6.45, 7) is 8.83. The zero-order valence-corrected chi connectivity index (χ0v) is 9.92. The molecule has 17 heavy (non-hydrogen) atoms. The monoisotopic (exact) mass is 234 g/mol. The van der Waals surface area contributed by atoms with Gasteiger partial charge in [-0.05, 0) is 35.8 Å². The zero-order chi connectivity index (χ0) is 12.8. The van der Waals surface area contributed by atoms with Gasteiger partial charge in [0.15, 0.2) is 0 Å². The van der Waals surface area contributed by atoms with Crippen molar-refractivity contribution < 1.29 is 8.78 Å². The second kappa shape index (κ2) is 6.14. The van der Waals surface area contributed by atoms with Gasteiger partial charge in [-0.15, -0.1) is 0 Å². The van der Waals surface area contributed by atoms with Crippen molar-refractivity contribution in [2.45, 2.75) is 19.3 Å². The SMILES string of the molecule is C=C/C(=C\C(=C)F)C(CC)c1cccc(F)c1. The Morgan fingerprint density at radius 3 is 2.65 bits per heavy atom. The van der Waals surface area contributed by atoms with Crippen LogP contribution in [0.25, 0.3) is 0 Å². The quantitative estimate of drug-likeness (QED) is 0.635. The molecular formula is C15H16F2. The van der Waals surface area contributed by atoms with E-state index in [4.69, 9.17) is 0 Å². The van der Waals surface area contributed by atoms with Crippen molar-refractivity contribution in [2.24, 2.45) is 0 Å². The van der Waals surface area contributed by atoms with E-state index in [0.29, 0.717) is 5.57 Å². The molecule has 0 aliphatic rings. The molecule has 1 unspecified atom stereocenters. The van der Waals surface area contributed by atoms with Crippen LogP contribution in [0.3, 0.4) is 0 Å². The van der Waals surface area contributed by atoms with E-state index in [1.54, 1.807) is 12.1 Å². The largest absolute Gasteiger partial charge is 0.208 e. The van der Waals surface area contributed by atoms with Gasteiger partial charge in [0, 0.05) is 5.92 Å². The third-order valence-corrected chi connectivity index (χ3v) is 2.62. The fourth-order valence-electron chi connectivity index (χ4n) is 1.87. The Morgan fingerprint density at radius 2 is 2.18 bits per heavy atom. The summed E-state index contributed by atoms with van der Waals surface area (Å²) in [4.78, 5) is 0. The first kappa shape index (κ1) is 13.4. The third kappa shape index (κ3) is 3.66. The van der Waals surface area contributed by atoms with Gasteiger partial charge in [-0.25, -0.2) is 8.78 Å². The smallest absolute Gasteiger partial charge is 0.123 e. The molecule has 0 saturated heterocycles. The van der Waals surface area contributed by atoms with Crippen LogP contribution in [0.1, 0.15) is 24.8 Å². The minimum atomic E-state index is -0.519. The number of halogens is 2. The average Bonchev–Trinajstić information content (AvgIpc) is 2.28. The molecule has 0 aromatic heterocycles. The van der Waals surface area contributed by atoms with Crippen LogP contribution in [0.2, 0.25) is 0 Å². The van der Waals surface area contributed by atoms with Crippen LogP contribution in [-0.4, -0.2) is 0 Å². The van der Waals surface area contributed by atoms with Gasteiger partial charge in [-0.3, -0.25) is 0 Å². The van der Waals surface area contributed by atoms with Crippen LogP contribution >= 0.6 is 0 Å². The summed E-state index contributed by atoms with van der Waals surface area (Å²) in [6, 6.07) is 6.34. The summed E-state index contributed by atoms with van der Waals surface area (Å²) in [7, 11) is 0. The molecule has 0 N–H and O–H groups in total. The third-order valence-electron chi connectivity index (χ3n) is 2.62. The van der Waals surface area contributed by atoms with Gasteiger partial charge in [0.05, 0.1) is 0 Å². The maximum atomic E-state index is 13.2. The van der Waals surface area contributed by atoms with Crippen LogP contribution in [-0.2, 0) is 0 Å². The second-order valence-corrected chi connectivity index (χ2v) is 3.81. The highest BCUT2D eigenvalue weighted by atomic mass is 19.1. The van der Waals surface area contributed by atoms with Gasteiger partial charge in [0.25, 0.3) is 0 Å². The van der Waals surface area contributed by atoms with E-state index in [-0.39, 0.29) is 11.7 Å². The first-order valence-corrected chi connectivity index (χ1v) is 5.52. The van der Waals surface area contributed by atoms with Crippen molar-refractivity contribution in [2.75, 3.05) is 0 Å². The van der Waals surface area contributed by atoms with Crippen LogP contribution in [0, 0.1) is 5.82 Å². The van der Waals surface area contributed by atoms with Gasteiger partial charge in [-0.2, -0.15) is 0 Å². The molecule has 1 aromatic carbocycles. The Bertz CT molecular complexity index is 444. The maximum Gasteiger partial charge on any atom is 0.123 e. The summed E-state index contributed by atoms with van der Waals surface area (Å²) >= 11 is 0. The number of rotatable bonds is 5. The highest BCUT2D eigenvalue weighted by molar-refractivity contribution is 5.37. The molecule has 0 aliphatic carbocycles. The lowest BCUT2D eigenvalue weighted by Crippen LogP contribution is -2.00. The zero-order valence-electron chi connectivity index (χ0n) is 9.92. The van der Waals surface area contributed by atoms with E-state index >= 15 is 0 Å². The fourth-order valence-corrected chi connectivity index (χ4v) is 1.87. The molecule has 0 heterocycles. The highest BCUT2D eigenvalue weighted by Crippen LogP contribution is 2.29. The molecule has 1 aromatic rings. The van der Waals surface area contributed by atoms with E-state index in [0.717, 1.165) is 12.0 Å². The molecule has 0 nitrogen and oxygen atoms in total. The predicted molar refractivity (Wildman–Crippen MR) is 68.0 cm³/mol. The summed E-state index contributed by atoms with van der Waals surface area (Å²) in [5.41, 5.74) is 1.53. The standard InChI is InChI=1S/C15H16F2/c1-4-12(9-11(3)16)15(5-2)13-7-6-8-14(17)10-13/h4,6-10,15H,1,3,5H2,2H3/b12-9+. The molecule has 0 fully saturated rings. The minimum Gasteiger partial charge on any atom is -0.208 e. The number of hydrogen-bond acceptors (Lipinski definition) is 0. The molecule has 0 saturated carbocycles. The Kier molecular flexibility index (Phi) is 4.83. The molecule has 1 rings (SSSR count). The number of hydrogen-bond donors (Lipinski definition) is 0. The highest BCUT2D eigenvalue weighted by Gasteiger charge is 2.13. The topological polar surface area (TPSA) is 0 Å². The Morgan fingerprint density at radius 1 is 1.47 bits per heavy atom. The maximum absolute atomic E-state index is 13.2. The van der Waals surface area contributed by atoms with E-state index in [1.165, 1.54) is 18.2 Å². The van der Waals surface area contributed by atoms with Crippen molar-refractivity contribution >= 4 is 0 Å². The van der Waals surface area contributed by atoms with Crippen molar-refractivity contribution in [1.29, 1.82) is 0 Å². The Hall–Kier alpha value is -1.70. The van der Waals surface area contributed by atoms with Gasteiger partial charge < -0.3 is 0 Å².